The number of methoxy groups -OCH3 is 1. The van der Waals surface area contributed by atoms with Crippen molar-refractivity contribution in [1.82, 2.24) is 66.5 Å². The fourth-order valence-electron chi connectivity index (χ4n) is 18.6. The number of piperidine rings is 2. The molecule has 14 heterocycles. The zero-order valence-corrected chi connectivity index (χ0v) is 77.3. The van der Waals surface area contributed by atoms with Gasteiger partial charge in [-0.1, -0.05) is 134 Å². The number of aliphatic hydroxyl groups is 2. The third-order valence-corrected chi connectivity index (χ3v) is 27.2. The van der Waals surface area contributed by atoms with Crippen molar-refractivity contribution in [3.63, 3.8) is 0 Å². The Morgan fingerprint density at radius 3 is 0.788 bits per heavy atom. The lowest BCUT2D eigenvalue weighted by Crippen LogP contribution is -2.34. The Hall–Kier alpha value is -14.1. The van der Waals surface area contributed by atoms with Crippen LogP contribution in [0.4, 0.5) is 29.1 Å². The molecule has 9 aliphatic rings. The van der Waals surface area contributed by atoms with Crippen LogP contribution in [0.25, 0.3) is 89.4 Å². The molecule has 7 N–H and O–H groups in total. The number of benzene rings is 5. The van der Waals surface area contributed by atoms with Crippen LogP contribution < -0.4 is 31.3 Å². The van der Waals surface area contributed by atoms with Crippen LogP contribution in [0.1, 0.15) is 131 Å². The summed E-state index contributed by atoms with van der Waals surface area (Å²) >= 11 is 0. The van der Waals surface area contributed by atoms with Crippen molar-refractivity contribution in [2.75, 3.05) is 86.1 Å². The maximum absolute atomic E-state index is 12.1. The average molecular weight is 1830 g/mol. The van der Waals surface area contributed by atoms with Crippen molar-refractivity contribution in [1.29, 1.82) is 0 Å². The summed E-state index contributed by atoms with van der Waals surface area (Å²) in [6.07, 6.45) is 26.6. The highest BCUT2D eigenvalue weighted by atomic mass is 16.5. The molecule has 28 nitrogen and oxygen atoms in total. The van der Waals surface area contributed by atoms with Crippen molar-refractivity contribution in [3.05, 3.63) is 277 Å². The van der Waals surface area contributed by atoms with Gasteiger partial charge in [0.2, 0.25) is 35.6 Å². The van der Waals surface area contributed by atoms with Gasteiger partial charge in [0.15, 0.2) is 29.1 Å². The van der Waals surface area contributed by atoms with E-state index in [4.69, 9.17) is 11.3 Å². The highest BCUT2D eigenvalue weighted by molar-refractivity contribution is 5.96. The van der Waals surface area contributed by atoms with Gasteiger partial charge in [-0.2, -0.15) is 0 Å². The summed E-state index contributed by atoms with van der Waals surface area (Å²) in [7, 11) is 1.65. The van der Waals surface area contributed by atoms with E-state index < -0.39 is 0 Å². The number of hydrogen-bond donors (Lipinski definition) is 7. The van der Waals surface area contributed by atoms with Crippen LogP contribution >= 0.6 is 0 Å². The Morgan fingerprint density at radius 2 is 0.555 bits per heavy atom. The molecule has 0 spiro atoms. The molecule has 0 radical (unpaired) electrons. The average Bonchev–Trinajstić information content (AvgIpc) is 1.65. The number of carbonyl (C=O) groups excluding carboxylic acids is 5. The molecule has 5 aromatic carbocycles. The molecule has 28 heteroatoms. The number of pyridine rings is 5. The van der Waals surface area contributed by atoms with Crippen LogP contribution in [0.15, 0.2) is 243 Å². The molecule has 137 heavy (non-hydrogen) atoms. The SMILES string of the molecule is COc1ccc(-c2cccc3nc(NC(=O)C4CC4)cn23)cc1.O=C(Nc1cn2c(-c3ccc(CN4CCCCC4)cc3)cccc2n1)C1CC1.O=C(Nc1cn2c(-c3ccc(CN4CC[C@@H](O)C4)cc3)cccc2n1)C1CC1.O=C(Nc1cn2c(-c3ccc(CN4CC[C@H](O)C4)cc3)cccc2n1)C1CC1.[C-]#[N+]C1CCN(Cc2ccc(-c3cccc4nc(NC(=O)C5CC5)cn34)cc2)CC1. The molecule has 700 valence electrons. The van der Waals surface area contributed by atoms with E-state index in [1.807, 2.05) is 140 Å². The molecule has 9 fully saturated rings. The molecule has 0 unspecified atom stereocenters. The van der Waals surface area contributed by atoms with Crippen LogP contribution in [-0.2, 0) is 50.2 Å². The first-order chi connectivity index (χ1) is 67.0. The number of nitrogens with zero attached hydrogens (tertiary/aromatic N) is 15. The number of nitrogens with one attached hydrogen (secondary N) is 5. The number of aromatic nitrogens is 10. The molecule has 4 aliphatic heterocycles. The fraction of sp³-hybridized carbons (Fsp3) is 0.349. The zero-order chi connectivity index (χ0) is 93.4. The summed E-state index contributed by atoms with van der Waals surface area (Å²) in [5.41, 5.74) is 20.0. The van der Waals surface area contributed by atoms with E-state index in [1.54, 1.807) is 7.11 Å². The Labute approximate surface area is 796 Å². The fourth-order valence-corrected chi connectivity index (χ4v) is 18.6. The minimum absolute atomic E-state index is 0.0689. The van der Waals surface area contributed by atoms with Crippen molar-refractivity contribution < 1.29 is 38.9 Å². The maximum Gasteiger partial charge on any atom is 0.228 e. The van der Waals surface area contributed by atoms with Crippen molar-refractivity contribution in [2.45, 2.75) is 154 Å². The van der Waals surface area contributed by atoms with Gasteiger partial charge in [-0.25, -0.2) is 31.5 Å². The summed E-state index contributed by atoms with van der Waals surface area (Å²) in [6.45, 7) is 18.7. The van der Waals surface area contributed by atoms with Gasteiger partial charge in [-0.3, -0.25) is 65.6 Å². The first kappa shape index (κ1) is 90.7. The van der Waals surface area contributed by atoms with Gasteiger partial charge in [-0.05, 0) is 238 Å². The van der Waals surface area contributed by atoms with Crippen molar-refractivity contribution in [2.24, 2.45) is 29.6 Å². The molecule has 5 amide bonds. The molecular weight excluding hydrogens is 1720 g/mol. The van der Waals surface area contributed by atoms with E-state index >= 15 is 0 Å². The van der Waals surface area contributed by atoms with Gasteiger partial charge in [0.25, 0.3) is 0 Å². The Bertz CT molecular complexity index is 6490. The molecule has 4 saturated heterocycles. The second-order valence-electron chi connectivity index (χ2n) is 38.0. The highest BCUT2D eigenvalue weighted by Gasteiger charge is 2.35. The number of anilines is 5. The topological polar surface area (TPSA) is 299 Å². The lowest BCUT2D eigenvalue weighted by Gasteiger charge is -2.27. The Kier molecular flexibility index (Phi) is 27.3. The van der Waals surface area contributed by atoms with Crippen LogP contribution in [0, 0.1) is 36.2 Å². The van der Waals surface area contributed by atoms with Gasteiger partial charge in [0.05, 0.1) is 78.8 Å². The van der Waals surface area contributed by atoms with E-state index in [0.29, 0.717) is 29.1 Å². The monoisotopic (exact) mass is 1830 g/mol. The van der Waals surface area contributed by atoms with Gasteiger partial charge in [0.1, 0.15) is 34.0 Å². The van der Waals surface area contributed by atoms with Gasteiger partial charge in [0, 0.05) is 108 Å². The third-order valence-electron chi connectivity index (χ3n) is 27.2. The van der Waals surface area contributed by atoms with Crippen LogP contribution in [0.2, 0.25) is 0 Å². The Morgan fingerprint density at radius 1 is 0.314 bits per heavy atom. The number of amides is 5. The number of fused-ring (bicyclic) bond motifs is 5. The normalized spacial score (nSPS) is 18.0. The van der Waals surface area contributed by atoms with E-state index in [1.165, 1.54) is 54.6 Å². The van der Waals surface area contributed by atoms with Crippen LogP contribution in [-0.4, -0.2) is 184 Å². The van der Waals surface area contributed by atoms with Crippen LogP contribution in [0.3, 0.4) is 0 Å². The Balaban J connectivity index is 0.000000106. The van der Waals surface area contributed by atoms with E-state index in [9.17, 15) is 34.2 Å². The molecule has 0 bridgehead atoms. The standard InChI is InChI=1S/C24H25N5O.C23H26N4O.2C22H24N4O2.C18H17N3O2/c1-25-20-11-13-28(14-12-20)15-17-5-7-18(8-6-17)21-3-2-4-23-26-22(16-29(21)23)27-24(30)19-9-10-19;28-23(19-11-12-19)25-21-16-27-20(5-4-6-22(27)24-21)18-9-7-17(8-10-18)15-26-13-2-1-3-14-26;2*27-18-10-11-25(13-18)12-15-4-6-16(7-5-15)19-2-1-3-21-23-20(14-26(19)21)24-22(28)17-8-9-17;1-23-14-9-7-12(8-10-14)15-3-2-4-17-19-16(11-21(15)17)20-18(22)13-5-6-13/h2-8,16,19-20H,9-15H2,(H,27,30);4-10,16,19H,1-3,11-15H2,(H,25,28);2*1-7,14,17-18,27H,8-13H2,(H,24,28);2-4,7-11,13H,5-6H2,1H3,(H,20,22)/t;;2*18-;/m..10./s1. The van der Waals surface area contributed by atoms with Gasteiger partial charge >= 0.3 is 0 Å². The number of aliphatic hydroxyl groups excluding tert-OH is 2. The van der Waals surface area contributed by atoms with Crippen LogP contribution in [0.5, 0.6) is 5.75 Å². The summed E-state index contributed by atoms with van der Waals surface area (Å²) in [5.74, 6) is 5.08. The number of hydrogen-bond acceptors (Lipinski definition) is 17. The first-order valence-corrected chi connectivity index (χ1v) is 48.6. The number of likely N-dealkylation sites (tertiary alicyclic amines) is 4. The number of carbonyl (C=O) groups is 5. The minimum atomic E-state index is -0.187. The zero-order valence-electron chi connectivity index (χ0n) is 77.3. The summed E-state index contributed by atoms with van der Waals surface area (Å²) < 4.78 is 15.3. The quantitative estimate of drug-likeness (QED) is 0.0277. The molecule has 5 saturated carbocycles. The number of ether oxygens (including phenoxy) is 1. The van der Waals surface area contributed by atoms with E-state index in [2.05, 4.69) is 202 Å². The lowest BCUT2D eigenvalue weighted by atomic mass is 10.0. The van der Waals surface area contributed by atoms with Crippen molar-refractivity contribution >= 4 is 86.9 Å². The summed E-state index contributed by atoms with van der Waals surface area (Å²) in [4.78, 5) is 96.0. The van der Waals surface area contributed by atoms with Gasteiger partial charge in [-0.15, -0.1) is 0 Å². The number of rotatable bonds is 24. The molecule has 10 aromatic heterocycles. The van der Waals surface area contributed by atoms with E-state index in [-0.39, 0.29) is 77.4 Å². The number of imidazole rings is 5. The highest BCUT2D eigenvalue weighted by Crippen LogP contribution is 2.38. The predicted molar refractivity (Wildman–Crippen MR) is 532 cm³/mol. The molecule has 5 aliphatic carbocycles. The maximum atomic E-state index is 12.1. The molecule has 15 aromatic rings. The second-order valence-corrected chi connectivity index (χ2v) is 38.0. The second kappa shape index (κ2) is 41.3. The molecule has 24 rings (SSSR count). The summed E-state index contributed by atoms with van der Waals surface area (Å²) in [5, 5.41) is 34.0. The first-order valence-electron chi connectivity index (χ1n) is 48.6. The molecular formula is C109H116N20O8. The smallest absolute Gasteiger partial charge is 0.228 e. The molecule has 2 atom stereocenters. The number of β-amino-alcohol motifs (C(OH)–C–C–N with tert-alkyl or cyclic N) is 2. The van der Waals surface area contributed by atoms with E-state index in [0.717, 1.165) is 246 Å². The summed E-state index contributed by atoms with van der Waals surface area (Å²) in [6, 6.07) is 72.7. The van der Waals surface area contributed by atoms with Gasteiger partial charge < -0.3 is 46.4 Å². The van der Waals surface area contributed by atoms with Crippen molar-refractivity contribution in [3.8, 4) is 62.0 Å². The minimum Gasteiger partial charge on any atom is -0.497 e. The lowest BCUT2D eigenvalue weighted by molar-refractivity contribution is -0.118. The third kappa shape index (κ3) is 22.9. The predicted octanol–water partition coefficient (Wildman–Crippen LogP) is 17.8. The largest absolute Gasteiger partial charge is 0.497 e.